The Kier molecular flexibility index (Phi) is 3690. The quantitative estimate of drug-likeness (QED) is 0.203. The molecule has 0 saturated carbocycles. The molecule has 0 amide bonds. The molecule has 0 spiro atoms. The van der Waals surface area contributed by atoms with Crippen molar-refractivity contribution < 1.29 is 21.6 Å². The smallest absolute Gasteiger partial charge is 0.0298 e. The minimum absolute atomic E-state index is 0. The molecule has 0 rings (SSSR count). The summed E-state index contributed by atoms with van der Waals surface area (Å²) in [6.45, 7) is 2.67. The van der Waals surface area contributed by atoms with Gasteiger partial charge in [-0.15, -0.1) is 5.16 Å². The zero-order valence-corrected chi connectivity index (χ0v) is 3.10. The van der Waals surface area contributed by atoms with Gasteiger partial charge in [-0.3, -0.25) is 0 Å². The first-order valence-electron chi connectivity index (χ1n) is 0.516. The van der Waals surface area contributed by atoms with Crippen LogP contribution in [0, 0.1) is 0 Å². The van der Waals surface area contributed by atoms with Gasteiger partial charge in [-0.2, -0.15) is 0 Å². The fourth-order valence-corrected chi connectivity index (χ4v) is 0. The van der Waals surface area contributed by atoms with Crippen molar-refractivity contribution >= 4 is 6.72 Å². The van der Waals surface area contributed by atoms with Gasteiger partial charge < -0.3 is 21.6 Å². The number of nitrogens with zero attached hydrogens (tertiary/aromatic N) is 1. The van der Waals surface area contributed by atoms with Crippen molar-refractivity contribution in [2.75, 3.05) is 0 Å². The Morgan fingerprint density at radius 2 is 1.17 bits per heavy atom. The van der Waals surface area contributed by atoms with Crippen LogP contribution in [0.1, 0.15) is 0 Å². The number of hydrogen-bond donors (Lipinski definition) is 1. The van der Waals surface area contributed by atoms with Gasteiger partial charge in [0.2, 0.25) is 0 Å². The van der Waals surface area contributed by atoms with Crippen molar-refractivity contribution in [3.63, 3.8) is 0 Å². The van der Waals surface area contributed by atoms with Gasteiger partial charge in [0.25, 0.3) is 0 Å². The van der Waals surface area contributed by atoms with Gasteiger partial charge in [0.05, 0.1) is 0 Å². The van der Waals surface area contributed by atoms with Crippen LogP contribution in [0.3, 0.4) is 0 Å². The summed E-state index contributed by atoms with van der Waals surface area (Å²) in [5.41, 5.74) is 0. The van der Waals surface area contributed by atoms with Gasteiger partial charge >= 0.3 is 0 Å². The van der Waals surface area contributed by atoms with E-state index in [1.54, 1.807) is 0 Å². The van der Waals surface area contributed by atoms with Crippen molar-refractivity contribution in [3.05, 3.63) is 0 Å². The number of oxime groups is 1. The van der Waals surface area contributed by atoms with E-state index >= 15 is 0 Å². The van der Waals surface area contributed by atoms with Gasteiger partial charge in [-0.1, -0.05) is 0 Å². The second-order valence-corrected chi connectivity index (χ2v) is 0.141. The average molecular weight is 99.1 g/mol. The lowest BCUT2D eigenvalue weighted by atomic mass is 11.8. The Bertz CT molecular complexity index is 15.0. The molecule has 0 aromatic carbocycles. The Morgan fingerprint density at radius 1 is 1.17 bits per heavy atom. The molecule has 0 saturated heterocycles. The minimum atomic E-state index is 0. The normalized spacial score (nSPS) is 2.00. The van der Waals surface area contributed by atoms with Crippen LogP contribution in [0.2, 0.25) is 0 Å². The molecule has 0 bridgehead atoms. The second-order valence-electron chi connectivity index (χ2n) is 0.141. The van der Waals surface area contributed by atoms with E-state index in [0.29, 0.717) is 0 Å². The van der Waals surface area contributed by atoms with E-state index in [1.165, 1.54) is 0 Å². The van der Waals surface area contributed by atoms with Gasteiger partial charge in [0.1, 0.15) is 0 Å². The van der Waals surface area contributed by atoms with E-state index in [1.807, 2.05) is 0 Å². The third-order valence-electron chi connectivity index (χ3n) is 0. The summed E-state index contributed by atoms with van der Waals surface area (Å²) in [6.07, 6.45) is 0. The first kappa shape index (κ1) is 55.5. The molecule has 0 radical (unpaired) electrons. The minimum Gasteiger partial charge on any atom is -0.412 e. The number of hydrogen-bond acceptors (Lipinski definition) is 2. The Hall–Kier alpha value is -0.650. The predicted octanol–water partition coefficient (Wildman–Crippen LogP) is -2.40. The molecule has 0 aliphatic rings. The van der Waals surface area contributed by atoms with Crippen LogP contribution in [0.4, 0.5) is 0 Å². The molecule has 0 aromatic heterocycles. The average Bonchev–Trinajstić information content (AvgIpc) is 0.918. The largest absolute Gasteiger partial charge is 0.412 e. The highest BCUT2D eigenvalue weighted by Gasteiger charge is 1.06. The molecular weight excluding hydrogens is 90.0 g/mol. The van der Waals surface area contributed by atoms with Gasteiger partial charge in [-0.05, 0) is 0 Å². The molecule has 6 heavy (non-hydrogen) atoms. The summed E-state index contributed by atoms with van der Waals surface area (Å²) < 4.78 is 0. The Morgan fingerprint density at radius 3 is 1.17 bits per heavy atom. The first-order chi connectivity index (χ1) is 1.41. The van der Waals surface area contributed by atoms with Gasteiger partial charge in [0, 0.05) is 6.72 Å². The van der Waals surface area contributed by atoms with Crippen LogP contribution in [-0.2, 0) is 0 Å². The summed E-state index contributed by atoms with van der Waals surface area (Å²) in [5, 5.41) is 9.33. The van der Waals surface area contributed by atoms with Crippen LogP contribution in [0.25, 0.3) is 0 Å². The highest BCUT2D eigenvalue weighted by molar-refractivity contribution is 5.20. The third kappa shape index (κ3) is 43.8. The molecule has 0 atom stereocenters. The van der Waals surface area contributed by atoms with E-state index in [0.717, 1.165) is 0 Å². The summed E-state index contributed by atoms with van der Waals surface area (Å²) in [5.74, 6) is 0. The monoisotopic (exact) mass is 99.1 g/mol. The van der Waals surface area contributed by atoms with E-state index in [-0.39, 0.29) is 16.4 Å². The highest BCUT2D eigenvalue weighted by atomic mass is 16.4. The van der Waals surface area contributed by atoms with Crippen molar-refractivity contribution in [2.45, 2.75) is 0 Å². The maximum Gasteiger partial charge on any atom is 0.0298 e. The molecule has 0 unspecified atom stereocenters. The lowest BCUT2D eigenvalue weighted by Crippen LogP contribution is -1.30. The van der Waals surface area contributed by atoms with Gasteiger partial charge in [-0.25, -0.2) is 0 Å². The van der Waals surface area contributed by atoms with Crippen LogP contribution in [0.15, 0.2) is 5.16 Å². The van der Waals surface area contributed by atoms with E-state index < -0.39 is 0 Å². The number of rotatable bonds is 0. The zero-order chi connectivity index (χ0) is 2.71. The third-order valence-corrected chi connectivity index (χ3v) is 0. The lowest BCUT2D eigenvalue weighted by Gasteiger charge is -1.43. The van der Waals surface area contributed by atoms with E-state index in [4.69, 9.17) is 5.21 Å². The van der Waals surface area contributed by atoms with Crippen molar-refractivity contribution in [1.82, 2.24) is 0 Å². The molecule has 0 fully saturated rings. The molecule has 5 nitrogen and oxygen atoms in total. The molecule has 0 aliphatic carbocycles. The maximum absolute atomic E-state index is 7.08. The summed E-state index contributed by atoms with van der Waals surface area (Å²) in [4.78, 5) is 0. The van der Waals surface area contributed by atoms with Crippen LogP contribution < -0.4 is 0 Å². The van der Waals surface area contributed by atoms with E-state index in [2.05, 4.69) is 11.9 Å². The predicted molar refractivity (Wildman–Crippen MR) is 22.2 cm³/mol. The van der Waals surface area contributed by atoms with Crippen molar-refractivity contribution in [1.29, 1.82) is 0 Å². The maximum atomic E-state index is 7.08. The summed E-state index contributed by atoms with van der Waals surface area (Å²) in [7, 11) is 0. The highest BCUT2D eigenvalue weighted by Crippen LogP contribution is 1.20. The second kappa shape index (κ2) is 399. The van der Waals surface area contributed by atoms with Crippen LogP contribution in [-0.4, -0.2) is 28.4 Å². The van der Waals surface area contributed by atoms with Crippen molar-refractivity contribution in [2.24, 2.45) is 5.16 Å². The standard InChI is InChI=1S/CH3NO.3H2O/c1-2-3;;;/h3H,1H2;3*1H2. The molecular formula is CH9NO4. The molecule has 5 heteroatoms. The Labute approximate surface area is 34.8 Å². The fourth-order valence-electron chi connectivity index (χ4n) is 0. The molecule has 0 aliphatic heterocycles. The topological polar surface area (TPSA) is 127 Å². The van der Waals surface area contributed by atoms with Crippen LogP contribution >= 0.6 is 0 Å². The summed E-state index contributed by atoms with van der Waals surface area (Å²) >= 11 is 0. The zero-order valence-electron chi connectivity index (χ0n) is 3.10. The SMILES string of the molecule is C=NO.O.O.O. The fraction of sp³-hybridized carbons (Fsp3) is 0. The molecule has 7 N–H and O–H groups in total. The van der Waals surface area contributed by atoms with Gasteiger partial charge in [0.15, 0.2) is 0 Å². The first-order valence-corrected chi connectivity index (χ1v) is 0.516. The van der Waals surface area contributed by atoms with E-state index in [9.17, 15) is 0 Å². The van der Waals surface area contributed by atoms with Crippen molar-refractivity contribution in [3.8, 4) is 0 Å². The van der Waals surface area contributed by atoms with Crippen LogP contribution in [0.5, 0.6) is 0 Å². The lowest BCUT2D eigenvalue weighted by molar-refractivity contribution is 0.323. The molecule has 42 valence electrons. The molecule has 0 aromatic rings. The summed E-state index contributed by atoms with van der Waals surface area (Å²) in [6, 6.07) is 0. The molecule has 0 heterocycles. The Balaban J connectivity index is -0.00000000667.